The van der Waals surface area contributed by atoms with E-state index in [0.717, 1.165) is 29.7 Å². The lowest BCUT2D eigenvalue weighted by molar-refractivity contribution is 0.0983. The highest BCUT2D eigenvalue weighted by atomic mass is 79.9. The van der Waals surface area contributed by atoms with Crippen molar-refractivity contribution in [2.24, 2.45) is 0 Å². The topological polar surface area (TPSA) is 35.0 Å². The van der Waals surface area contributed by atoms with Crippen molar-refractivity contribution < 1.29 is 4.74 Å². The number of hydrogen-bond acceptors (Lipinski definition) is 3. The Hall–Kier alpha value is -0.640. The van der Waals surface area contributed by atoms with Crippen LogP contribution in [-0.4, -0.2) is 15.6 Å². The summed E-state index contributed by atoms with van der Waals surface area (Å²) in [6.07, 6.45) is 2.85. The number of ether oxygens (including phenoxy) is 1. The molecule has 0 spiro atoms. The molecular weight excluding hydrogens is 268 g/mol. The molecule has 0 unspecified atom stereocenters. The van der Waals surface area contributed by atoms with Crippen molar-refractivity contribution in [1.29, 1.82) is 0 Å². The van der Waals surface area contributed by atoms with Gasteiger partial charge in [-0.1, -0.05) is 13.8 Å². The summed E-state index contributed by atoms with van der Waals surface area (Å²) in [6.45, 7) is 8.33. The zero-order chi connectivity index (χ0) is 12.2. The third kappa shape index (κ3) is 4.08. The number of halogens is 1. The van der Waals surface area contributed by atoms with Crippen LogP contribution in [0.3, 0.4) is 0 Å². The third-order valence-corrected chi connectivity index (χ3v) is 2.83. The minimum atomic E-state index is -0.183. The molecule has 0 aliphatic carbocycles. The van der Waals surface area contributed by atoms with E-state index in [1.807, 2.05) is 6.07 Å². The highest BCUT2D eigenvalue weighted by molar-refractivity contribution is 9.10. The van der Waals surface area contributed by atoms with E-state index in [2.05, 4.69) is 53.6 Å². The van der Waals surface area contributed by atoms with Gasteiger partial charge in [0.05, 0.1) is 0 Å². The molecule has 4 heteroatoms. The molecule has 0 radical (unpaired) electrons. The second-order valence-corrected chi connectivity index (χ2v) is 5.22. The maximum absolute atomic E-state index is 5.84. The first-order valence-electron chi connectivity index (χ1n) is 5.69. The molecule has 1 heterocycles. The molecule has 16 heavy (non-hydrogen) atoms. The normalized spacial score (nSPS) is 11.6. The summed E-state index contributed by atoms with van der Waals surface area (Å²) >= 11 is 3.38. The molecule has 0 N–H and O–H groups in total. The largest absolute Gasteiger partial charge is 0.472 e. The van der Waals surface area contributed by atoms with Crippen molar-refractivity contribution in [2.45, 2.75) is 52.6 Å². The number of rotatable bonds is 5. The average Bonchev–Trinajstić information content (AvgIpc) is 2.16. The van der Waals surface area contributed by atoms with Crippen molar-refractivity contribution in [3.8, 4) is 5.88 Å². The standard InChI is InChI=1S/C12H19BrN2O/c1-5-7-10-14-9(13)8-11(15-10)16-12(3,4)6-2/h8H,5-7H2,1-4H3. The lowest BCUT2D eigenvalue weighted by Gasteiger charge is -2.24. The third-order valence-electron chi connectivity index (χ3n) is 2.42. The molecular formula is C12H19BrN2O. The smallest absolute Gasteiger partial charge is 0.218 e. The predicted octanol–water partition coefficient (Wildman–Crippen LogP) is 3.76. The lowest BCUT2D eigenvalue weighted by atomic mass is 10.1. The summed E-state index contributed by atoms with van der Waals surface area (Å²) < 4.78 is 6.62. The van der Waals surface area contributed by atoms with E-state index in [1.165, 1.54) is 0 Å². The Kier molecular flexibility index (Phi) is 4.71. The van der Waals surface area contributed by atoms with Gasteiger partial charge in [-0.05, 0) is 42.6 Å². The van der Waals surface area contributed by atoms with Gasteiger partial charge < -0.3 is 4.74 Å². The summed E-state index contributed by atoms with van der Waals surface area (Å²) in [5.41, 5.74) is -0.183. The Bertz CT molecular complexity index is 353. The first-order chi connectivity index (χ1) is 7.46. The minimum absolute atomic E-state index is 0.183. The van der Waals surface area contributed by atoms with E-state index in [0.29, 0.717) is 5.88 Å². The van der Waals surface area contributed by atoms with E-state index in [4.69, 9.17) is 4.74 Å². The van der Waals surface area contributed by atoms with Crippen LogP contribution < -0.4 is 4.74 Å². The summed E-state index contributed by atoms with van der Waals surface area (Å²) in [7, 11) is 0. The van der Waals surface area contributed by atoms with Crippen molar-refractivity contribution in [1.82, 2.24) is 9.97 Å². The zero-order valence-corrected chi connectivity index (χ0v) is 12.0. The van der Waals surface area contributed by atoms with E-state index in [9.17, 15) is 0 Å². The van der Waals surface area contributed by atoms with E-state index in [-0.39, 0.29) is 5.60 Å². The fraction of sp³-hybridized carbons (Fsp3) is 0.667. The van der Waals surface area contributed by atoms with Gasteiger partial charge in [0.1, 0.15) is 16.0 Å². The summed E-state index contributed by atoms with van der Waals surface area (Å²) in [5, 5.41) is 0. The molecule has 0 atom stereocenters. The minimum Gasteiger partial charge on any atom is -0.472 e. The predicted molar refractivity (Wildman–Crippen MR) is 68.7 cm³/mol. The van der Waals surface area contributed by atoms with Gasteiger partial charge in [-0.25, -0.2) is 4.98 Å². The molecule has 3 nitrogen and oxygen atoms in total. The number of nitrogens with zero attached hydrogens (tertiary/aromatic N) is 2. The van der Waals surface area contributed by atoms with Crippen LogP contribution in [0.1, 0.15) is 46.4 Å². The van der Waals surface area contributed by atoms with Gasteiger partial charge in [-0.3, -0.25) is 0 Å². The molecule has 0 aromatic carbocycles. The van der Waals surface area contributed by atoms with E-state index < -0.39 is 0 Å². The van der Waals surface area contributed by atoms with Crippen molar-refractivity contribution in [2.75, 3.05) is 0 Å². The Labute approximate surface area is 106 Å². The van der Waals surface area contributed by atoms with Gasteiger partial charge in [-0.15, -0.1) is 0 Å². The highest BCUT2D eigenvalue weighted by Gasteiger charge is 2.18. The van der Waals surface area contributed by atoms with Crippen LogP contribution >= 0.6 is 15.9 Å². The molecule has 0 amide bonds. The van der Waals surface area contributed by atoms with E-state index >= 15 is 0 Å². The fourth-order valence-corrected chi connectivity index (χ4v) is 1.59. The molecule has 0 fully saturated rings. The van der Waals surface area contributed by atoms with Crippen LogP contribution in [-0.2, 0) is 6.42 Å². The maximum atomic E-state index is 5.84. The molecule has 1 aromatic rings. The molecule has 0 saturated carbocycles. The zero-order valence-electron chi connectivity index (χ0n) is 10.4. The highest BCUT2D eigenvalue weighted by Crippen LogP contribution is 2.21. The maximum Gasteiger partial charge on any atom is 0.218 e. The Balaban J connectivity index is 2.87. The van der Waals surface area contributed by atoms with E-state index in [1.54, 1.807) is 0 Å². The molecule has 1 aromatic heterocycles. The number of aryl methyl sites for hydroxylation is 1. The van der Waals surface area contributed by atoms with Crippen molar-refractivity contribution >= 4 is 15.9 Å². The second-order valence-electron chi connectivity index (χ2n) is 4.41. The molecule has 1 rings (SSSR count). The van der Waals surface area contributed by atoms with Crippen LogP contribution in [0, 0.1) is 0 Å². The average molecular weight is 287 g/mol. The lowest BCUT2D eigenvalue weighted by Crippen LogP contribution is -2.27. The van der Waals surface area contributed by atoms with Crippen molar-refractivity contribution in [3.63, 3.8) is 0 Å². The Morgan fingerprint density at radius 1 is 1.31 bits per heavy atom. The first kappa shape index (κ1) is 13.4. The SMILES string of the molecule is CCCc1nc(Br)cc(OC(C)(C)CC)n1. The van der Waals surface area contributed by atoms with Gasteiger partial charge in [0.2, 0.25) is 5.88 Å². The summed E-state index contributed by atoms with van der Waals surface area (Å²) in [4.78, 5) is 8.70. The van der Waals surface area contributed by atoms with Crippen LogP contribution in [0.4, 0.5) is 0 Å². The Morgan fingerprint density at radius 2 is 2.00 bits per heavy atom. The van der Waals surface area contributed by atoms with Gasteiger partial charge in [0.25, 0.3) is 0 Å². The summed E-state index contributed by atoms with van der Waals surface area (Å²) in [6, 6.07) is 1.82. The fourth-order valence-electron chi connectivity index (χ4n) is 1.18. The molecule has 0 aliphatic rings. The van der Waals surface area contributed by atoms with Crippen LogP contribution in [0.5, 0.6) is 5.88 Å². The number of hydrogen-bond donors (Lipinski definition) is 0. The van der Waals surface area contributed by atoms with Crippen LogP contribution in [0.15, 0.2) is 10.7 Å². The first-order valence-corrected chi connectivity index (χ1v) is 6.48. The van der Waals surface area contributed by atoms with Gasteiger partial charge in [0, 0.05) is 12.5 Å². The molecule has 0 saturated heterocycles. The second kappa shape index (κ2) is 5.62. The molecule has 0 bridgehead atoms. The van der Waals surface area contributed by atoms with Crippen molar-refractivity contribution in [3.05, 3.63) is 16.5 Å². The van der Waals surface area contributed by atoms with Gasteiger partial charge in [0.15, 0.2) is 0 Å². The molecule has 90 valence electrons. The molecule has 0 aliphatic heterocycles. The van der Waals surface area contributed by atoms with Crippen LogP contribution in [0.25, 0.3) is 0 Å². The van der Waals surface area contributed by atoms with Gasteiger partial charge in [-0.2, -0.15) is 4.98 Å². The number of aromatic nitrogens is 2. The van der Waals surface area contributed by atoms with Gasteiger partial charge >= 0.3 is 0 Å². The summed E-state index contributed by atoms with van der Waals surface area (Å²) in [5.74, 6) is 1.48. The Morgan fingerprint density at radius 3 is 2.56 bits per heavy atom. The van der Waals surface area contributed by atoms with Crippen LogP contribution in [0.2, 0.25) is 0 Å². The monoisotopic (exact) mass is 286 g/mol. The quantitative estimate of drug-likeness (QED) is 0.773.